The van der Waals surface area contributed by atoms with E-state index in [1.165, 1.54) is 11.8 Å². The Morgan fingerprint density at radius 1 is 1.33 bits per heavy atom. The molecule has 138 valence electrons. The van der Waals surface area contributed by atoms with Crippen LogP contribution in [-0.4, -0.2) is 32.9 Å². The number of benzene rings is 1. The number of methoxy groups -OCH3 is 1. The molecule has 1 amide bonds. The first-order valence-corrected chi connectivity index (χ1v) is 9.39. The molecule has 4 aromatic rings. The summed E-state index contributed by atoms with van der Waals surface area (Å²) in [6.07, 6.45) is 3.94. The third kappa shape index (κ3) is 3.35. The largest absolute Gasteiger partial charge is 0.497 e. The van der Waals surface area contributed by atoms with Gasteiger partial charge in [-0.1, -0.05) is 24.8 Å². The molecule has 1 N–H and O–H groups in total. The number of amides is 1. The maximum atomic E-state index is 12.8. The average molecular weight is 382 g/mol. The number of fused-ring (bicyclic) bond motifs is 3. The summed E-state index contributed by atoms with van der Waals surface area (Å²) in [4.78, 5) is 12.8. The van der Waals surface area contributed by atoms with Crippen LogP contribution in [0.3, 0.4) is 0 Å². The highest BCUT2D eigenvalue weighted by Gasteiger charge is 2.21. The number of nitrogens with one attached hydrogen (secondary N) is 1. The number of thioether (sulfide) groups is 1. The highest BCUT2D eigenvalue weighted by atomic mass is 32.2. The summed E-state index contributed by atoms with van der Waals surface area (Å²) in [5.74, 6) is 0.606. The normalized spacial score (nSPS) is 12.4. The van der Waals surface area contributed by atoms with Gasteiger partial charge < -0.3 is 14.5 Å². The molecule has 27 heavy (non-hydrogen) atoms. The van der Waals surface area contributed by atoms with Gasteiger partial charge in [-0.2, -0.15) is 0 Å². The summed E-state index contributed by atoms with van der Waals surface area (Å²) in [6.45, 7) is 1.97. The molecule has 0 unspecified atom stereocenters. The predicted octanol–water partition coefficient (Wildman–Crippen LogP) is 3.99. The van der Waals surface area contributed by atoms with Crippen molar-refractivity contribution in [3.05, 3.63) is 49.0 Å². The van der Waals surface area contributed by atoms with Crippen molar-refractivity contribution in [2.45, 2.75) is 23.6 Å². The van der Waals surface area contributed by atoms with Gasteiger partial charge >= 0.3 is 0 Å². The topological polar surface area (TPSA) is 81.7 Å². The van der Waals surface area contributed by atoms with Gasteiger partial charge in [0.2, 0.25) is 5.91 Å². The molecular weight excluding hydrogens is 364 g/mol. The second-order valence-electron chi connectivity index (χ2n) is 5.94. The summed E-state index contributed by atoms with van der Waals surface area (Å²) in [5, 5.41) is 11.6. The number of rotatable bonds is 6. The van der Waals surface area contributed by atoms with E-state index in [2.05, 4.69) is 15.5 Å². The van der Waals surface area contributed by atoms with Gasteiger partial charge in [0.05, 0.1) is 29.7 Å². The Morgan fingerprint density at radius 2 is 2.22 bits per heavy atom. The number of nitrogens with zero attached hydrogens (tertiary/aromatic N) is 3. The van der Waals surface area contributed by atoms with E-state index in [0.717, 1.165) is 16.6 Å². The highest BCUT2D eigenvalue weighted by molar-refractivity contribution is 8.00. The van der Waals surface area contributed by atoms with E-state index in [0.29, 0.717) is 22.9 Å². The van der Waals surface area contributed by atoms with Crippen LogP contribution in [0, 0.1) is 0 Å². The van der Waals surface area contributed by atoms with Gasteiger partial charge in [-0.15, -0.1) is 10.2 Å². The third-order valence-electron chi connectivity index (χ3n) is 4.25. The zero-order valence-electron chi connectivity index (χ0n) is 14.9. The zero-order chi connectivity index (χ0) is 18.8. The number of furan rings is 1. The van der Waals surface area contributed by atoms with Crippen LogP contribution >= 0.6 is 11.8 Å². The Kier molecular flexibility index (Phi) is 4.72. The number of aromatic nitrogens is 3. The van der Waals surface area contributed by atoms with Gasteiger partial charge in [0.25, 0.3) is 0 Å². The van der Waals surface area contributed by atoms with Crippen molar-refractivity contribution in [3.63, 3.8) is 0 Å². The molecule has 1 atom stereocenters. The summed E-state index contributed by atoms with van der Waals surface area (Å²) in [7, 11) is 1.60. The van der Waals surface area contributed by atoms with Crippen molar-refractivity contribution < 1.29 is 13.9 Å². The van der Waals surface area contributed by atoms with Gasteiger partial charge in [-0.05, 0) is 18.6 Å². The van der Waals surface area contributed by atoms with E-state index in [1.807, 2.05) is 41.7 Å². The molecule has 0 spiro atoms. The second kappa shape index (κ2) is 7.32. The summed E-state index contributed by atoms with van der Waals surface area (Å²) in [5.41, 5.74) is 3.26. The maximum Gasteiger partial charge on any atom is 0.237 e. The first kappa shape index (κ1) is 17.4. The molecule has 3 heterocycles. The Bertz CT molecular complexity index is 1100. The van der Waals surface area contributed by atoms with Gasteiger partial charge in [0.15, 0.2) is 5.58 Å². The van der Waals surface area contributed by atoms with Crippen molar-refractivity contribution in [2.24, 2.45) is 0 Å². The fourth-order valence-electron chi connectivity index (χ4n) is 2.88. The van der Waals surface area contributed by atoms with E-state index < -0.39 is 0 Å². The van der Waals surface area contributed by atoms with Crippen LogP contribution in [0.25, 0.3) is 16.6 Å². The number of carbonyl (C=O) groups is 1. The number of carbonyl (C=O) groups excluding carboxylic acids is 1. The molecule has 0 bridgehead atoms. The summed E-state index contributed by atoms with van der Waals surface area (Å²) >= 11 is 1.39. The maximum absolute atomic E-state index is 12.8. The van der Waals surface area contributed by atoms with Gasteiger partial charge in [-0.25, -0.2) is 0 Å². The number of hydrogen-bond acceptors (Lipinski definition) is 6. The summed E-state index contributed by atoms with van der Waals surface area (Å²) in [6, 6.07) is 11.1. The monoisotopic (exact) mass is 382 g/mol. The Hall–Kier alpha value is -3.00. The van der Waals surface area contributed by atoms with Crippen LogP contribution < -0.4 is 10.1 Å². The van der Waals surface area contributed by atoms with E-state index in [1.54, 1.807) is 25.8 Å². The third-order valence-corrected chi connectivity index (χ3v) is 5.60. The van der Waals surface area contributed by atoms with E-state index in [4.69, 9.17) is 9.15 Å². The van der Waals surface area contributed by atoms with Crippen LogP contribution in [0.4, 0.5) is 5.69 Å². The molecule has 7 nitrogen and oxygen atoms in total. The molecular formula is C19H18N4O3S. The summed E-state index contributed by atoms with van der Waals surface area (Å²) < 4.78 is 12.6. The lowest BCUT2D eigenvalue weighted by Gasteiger charge is -2.15. The first-order chi connectivity index (χ1) is 13.2. The predicted molar refractivity (Wildman–Crippen MR) is 104 cm³/mol. The zero-order valence-corrected chi connectivity index (χ0v) is 15.7. The molecule has 0 aliphatic heterocycles. The lowest BCUT2D eigenvalue weighted by molar-refractivity contribution is -0.115. The SMILES string of the molecule is CC[C@@H](Sc1nncn2c1cc1occc12)C(=O)Nc1cccc(OC)c1. The average Bonchev–Trinajstić information content (AvgIpc) is 3.28. The molecule has 4 rings (SSSR count). The molecule has 0 saturated carbocycles. The molecule has 8 heteroatoms. The lowest BCUT2D eigenvalue weighted by Crippen LogP contribution is -2.24. The van der Waals surface area contributed by atoms with Gasteiger partial charge in [0.1, 0.15) is 17.1 Å². The second-order valence-corrected chi connectivity index (χ2v) is 7.13. The lowest BCUT2D eigenvalue weighted by atomic mass is 10.2. The smallest absolute Gasteiger partial charge is 0.237 e. The van der Waals surface area contributed by atoms with Crippen molar-refractivity contribution in [2.75, 3.05) is 12.4 Å². The quantitative estimate of drug-likeness (QED) is 0.508. The highest BCUT2D eigenvalue weighted by Crippen LogP contribution is 2.31. The van der Waals surface area contributed by atoms with Crippen molar-refractivity contribution in [1.82, 2.24) is 14.6 Å². The first-order valence-electron chi connectivity index (χ1n) is 8.51. The standard InChI is InChI=1S/C19H18N4O3S/c1-3-17(18(24)21-12-5-4-6-13(9-12)25-2)27-19-15-10-16-14(7-8-26-16)23(15)11-20-22-19/h4-11,17H,3H2,1-2H3,(H,21,24)/t17-/m1/s1. The molecule has 3 aromatic heterocycles. The van der Waals surface area contributed by atoms with E-state index >= 15 is 0 Å². The fraction of sp³-hybridized carbons (Fsp3) is 0.211. The number of ether oxygens (including phenoxy) is 1. The Labute approximate surface area is 159 Å². The Morgan fingerprint density at radius 3 is 3.04 bits per heavy atom. The van der Waals surface area contributed by atoms with Crippen LogP contribution in [-0.2, 0) is 4.79 Å². The minimum Gasteiger partial charge on any atom is -0.497 e. The molecule has 0 fully saturated rings. The minimum absolute atomic E-state index is 0.0881. The van der Waals surface area contributed by atoms with Crippen LogP contribution in [0.5, 0.6) is 5.75 Å². The Balaban J connectivity index is 1.58. The van der Waals surface area contributed by atoms with Crippen molar-refractivity contribution >= 4 is 40.0 Å². The fourth-order valence-corrected chi connectivity index (χ4v) is 3.85. The van der Waals surface area contributed by atoms with E-state index in [-0.39, 0.29) is 11.2 Å². The van der Waals surface area contributed by atoms with Crippen LogP contribution in [0.1, 0.15) is 13.3 Å². The van der Waals surface area contributed by atoms with Gasteiger partial charge in [-0.3, -0.25) is 9.20 Å². The number of hydrogen-bond donors (Lipinski definition) is 1. The molecule has 0 radical (unpaired) electrons. The number of anilines is 1. The van der Waals surface area contributed by atoms with Gasteiger partial charge in [0, 0.05) is 23.9 Å². The molecule has 0 saturated heterocycles. The van der Waals surface area contributed by atoms with Crippen LogP contribution in [0.15, 0.2) is 58.4 Å². The molecule has 1 aromatic carbocycles. The minimum atomic E-state index is -0.307. The van der Waals surface area contributed by atoms with Crippen molar-refractivity contribution in [1.29, 1.82) is 0 Å². The van der Waals surface area contributed by atoms with E-state index in [9.17, 15) is 4.79 Å². The molecule has 0 aliphatic carbocycles. The molecule has 0 aliphatic rings. The van der Waals surface area contributed by atoms with Crippen molar-refractivity contribution in [3.8, 4) is 5.75 Å². The van der Waals surface area contributed by atoms with Crippen LogP contribution in [0.2, 0.25) is 0 Å².